The quantitative estimate of drug-likeness (QED) is 0.851. The number of amides is 1. The molecule has 0 spiro atoms. The molecule has 4 heteroatoms. The Labute approximate surface area is 132 Å². The summed E-state index contributed by atoms with van der Waals surface area (Å²) in [6.45, 7) is 8.63. The molecule has 1 aliphatic heterocycles. The summed E-state index contributed by atoms with van der Waals surface area (Å²) in [5.74, 6) is 0.330. The molecule has 1 heterocycles. The summed E-state index contributed by atoms with van der Waals surface area (Å²) < 4.78 is 0. The number of hydrogen-bond donors (Lipinski definition) is 1. The van der Waals surface area contributed by atoms with E-state index in [0.29, 0.717) is 18.0 Å². The average Bonchev–Trinajstić information content (AvgIpc) is 2.46. The maximum atomic E-state index is 12.1. The van der Waals surface area contributed by atoms with Gasteiger partial charge in [0.1, 0.15) is 6.29 Å². The SMILES string of the molecule is C=C1CCC(N(C)Cc2c(C=O)cccc2C(C)C)C(=O)N1. The molecule has 1 fully saturated rings. The van der Waals surface area contributed by atoms with Gasteiger partial charge in [-0.05, 0) is 36.9 Å². The van der Waals surface area contributed by atoms with Gasteiger partial charge in [-0.15, -0.1) is 0 Å². The van der Waals surface area contributed by atoms with Crippen molar-refractivity contribution in [3.63, 3.8) is 0 Å². The zero-order valence-electron chi connectivity index (χ0n) is 13.6. The van der Waals surface area contributed by atoms with Gasteiger partial charge in [0.2, 0.25) is 5.91 Å². The van der Waals surface area contributed by atoms with Gasteiger partial charge in [-0.2, -0.15) is 0 Å². The lowest BCUT2D eigenvalue weighted by molar-refractivity contribution is -0.126. The van der Waals surface area contributed by atoms with Gasteiger partial charge in [-0.25, -0.2) is 0 Å². The molecule has 1 unspecified atom stereocenters. The predicted molar refractivity (Wildman–Crippen MR) is 87.7 cm³/mol. The van der Waals surface area contributed by atoms with Crippen molar-refractivity contribution in [3.8, 4) is 0 Å². The van der Waals surface area contributed by atoms with Gasteiger partial charge in [-0.1, -0.05) is 38.6 Å². The fourth-order valence-electron chi connectivity index (χ4n) is 3.00. The Morgan fingerprint density at radius 2 is 2.18 bits per heavy atom. The van der Waals surface area contributed by atoms with E-state index in [4.69, 9.17) is 0 Å². The molecule has 0 aromatic heterocycles. The van der Waals surface area contributed by atoms with Crippen LogP contribution in [0.3, 0.4) is 0 Å². The number of nitrogens with zero attached hydrogens (tertiary/aromatic N) is 1. The largest absolute Gasteiger partial charge is 0.329 e. The zero-order chi connectivity index (χ0) is 16.3. The fraction of sp³-hybridized carbons (Fsp3) is 0.444. The minimum absolute atomic E-state index is 0.00608. The van der Waals surface area contributed by atoms with Gasteiger partial charge >= 0.3 is 0 Å². The number of rotatable bonds is 5. The Morgan fingerprint density at radius 1 is 1.45 bits per heavy atom. The van der Waals surface area contributed by atoms with Crippen LogP contribution < -0.4 is 5.32 Å². The third-order valence-corrected chi connectivity index (χ3v) is 4.26. The smallest absolute Gasteiger partial charge is 0.241 e. The highest BCUT2D eigenvalue weighted by Crippen LogP contribution is 2.25. The van der Waals surface area contributed by atoms with E-state index < -0.39 is 0 Å². The first kappa shape index (κ1) is 16.4. The zero-order valence-corrected chi connectivity index (χ0v) is 13.6. The van der Waals surface area contributed by atoms with Crippen molar-refractivity contribution < 1.29 is 9.59 Å². The summed E-state index contributed by atoms with van der Waals surface area (Å²) in [5.41, 5.74) is 3.67. The van der Waals surface area contributed by atoms with Crippen molar-refractivity contribution in [1.82, 2.24) is 10.2 Å². The Hall–Kier alpha value is -1.94. The highest BCUT2D eigenvalue weighted by molar-refractivity contribution is 5.84. The van der Waals surface area contributed by atoms with Crippen LogP contribution in [0.2, 0.25) is 0 Å². The van der Waals surface area contributed by atoms with E-state index in [1.165, 1.54) is 0 Å². The van der Waals surface area contributed by atoms with Crippen LogP contribution >= 0.6 is 0 Å². The summed E-state index contributed by atoms with van der Waals surface area (Å²) in [4.78, 5) is 25.5. The lowest BCUT2D eigenvalue weighted by Gasteiger charge is -2.32. The van der Waals surface area contributed by atoms with Crippen molar-refractivity contribution >= 4 is 12.2 Å². The molecule has 4 nitrogen and oxygen atoms in total. The van der Waals surface area contributed by atoms with Gasteiger partial charge < -0.3 is 5.32 Å². The highest BCUT2D eigenvalue weighted by atomic mass is 16.2. The molecule has 1 aliphatic rings. The molecule has 0 aliphatic carbocycles. The standard InChI is InChI=1S/C18H24N2O2/c1-12(2)15-7-5-6-14(11-21)16(15)10-20(4)17-9-8-13(3)19-18(17)22/h5-7,11-12,17H,3,8-10H2,1-2,4H3,(H,19,22). The summed E-state index contributed by atoms with van der Waals surface area (Å²) >= 11 is 0. The Bertz CT molecular complexity index is 593. The van der Waals surface area contributed by atoms with Crippen LogP contribution in [0, 0.1) is 0 Å². The number of allylic oxidation sites excluding steroid dienone is 1. The van der Waals surface area contributed by atoms with E-state index in [0.717, 1.165) is 36.0 Å². The van der Waals surface area contributed by atoms with Gasteiger partial charge in [0.25, 0.3) is 0 Å². The van der Waals surface area contributed by atoms with Crippen molar-refractivity contribution in [3.05, 3.63) is 47.2 Å². The number of aldehydes is 1. The van der Waals surface area contributed by atoms with Crippen LogP contribution in [0.25, 0.3) is 0 Å². The first-order chi connectivity index (χ1) is 10.4. The maximum Gasteiger partial charge on any atom is 0.241 e. The molecule has 118 valence electrons. The molecule has 22 heavy (non-hydrogen) atoms. The van der Waals surface area contributed by atoms with E-state index >= 15 is 0 Å². The van der Waals surface area contributed by atoms with Gasteiger partial charge in [0, 0.05) is 17.8 Å². The van der Waals surface area contributed by atoms with Crippen molar-refractivity contribution in [1.29, 1.82) is 0 Å². The molecular weight excluding hydrogens is 276 g/mol. The van der Waals surface area contributed by atoms with Crippen LogP contribution in [0.15, 0.2) is 30.5 Å². The Morgan fingerprint density at radius 3 is 2.77 bits per heavy atom. The van der Waals surface area contributed by atoms with Crippen LogP contribution in [-0.2, 0) is 11.3 Å². The van der Waals surface area contributed by atoms with E-state index in [1.54, 1.807) is 0 Å². The third-order valence-electron chi connectivity index (χ3n) is 4.26. The molecule has 1 amide bonds. The Balaban J connectivity index is 2.24. The maximum absolute atomic E-state index is 12.1. The molecule has 1 aromatic rings. The minimum Gasteiger partial charge on any atom is -0.329 e. The number of carbonyl (C=O) groups is 2. The first-order valence-corrected chi connectivity index (χ1v) is 7.70. The van der Waals surface area contributed by atoms with E-state index in [2.05, 4.69) is 31.8 Å². The molecule has 0 radical (unpaired) electrons. The number of piperidine rings is 1. The van der Waals surface area contributed by atoms with Crippen LogP contribution in [0.4, 0.5) is 0 Å². The van der Waals surface area contributed by atoms with Gasteiger partial charge in [-0.3, -0.25) is 14.5 Å². The van der Waals surface area contributed by atoms with Crippen molar-refractivity contribution in [2.45, 2.75) is 45.2 Å². The molecule has 2 rings (SSSR count). The topological polar surface area (TPSA) is 49.4 Å². The Kier molecular flexibility index (Phi) is 5.14. The van der Waals surface area contributed by atoms with E-state index in [1.807, 2.05) is 24.1 Å². The van der Waals surface area contributed by atoms with Gasteiger partial charge in [0.15, 0.2) is 0 Å². The number of likely N-dealkylation sites (N-methyl/N-ethyl adjacent to an activating group) is 1. The first-order valence-electron chi connectivity index (χ1n) is 7.70. The second kappa shape index (κ2) is 6.88. The summed E-state index contributed by atoms with van der Waals surface area (Å²) in [6, 6.07) is 5.64. The molecule has 1 N–H and O–H groups in total. The number of carbonyl (C=O) groups excluding carboxylic acids is 2. The molecule has 1 saturated heterocycles. The number of benzene rings is 1. The lowest BCUT2D eigenvalue weighted by atomic mass is 9.92. The third kappa shape index (κ3) is 3.45. The molecule has 0 bridgehead atoms. The number of hydrogen-bond acceptors (Lipinski definition) is 3. The summed E-state index contributed by atoms with van der Waals surface area (Å²) in [6.07, 6.45) is 2.46. The molecule has 1 atom stereocenters. The minimum atomic E-state index is -0.176. The second-order valence-corrected chi connectivity index (χ2v) is 6.25. The monoisotopic (exact) mass is 300 g/mol. The summed E-state index contributed by atoms with van der Waals surface area (Å²) in [7, 11) is 1.93. The van der Waals surface area contributed by atoms with Crippen molar-refractivity contribution in [2.75, 3.05) is 7.05 Å². The van der Waals surface area contributed by atoms with E-state index in [9.17, 15) is 9.59 Å². The lowest BCUT2D eigenvalue weighted by Crippen LogP contribution is -2.47. The highest BCUT2D eigenvalue weighted by Gasteiger charge is 2.28. The fourth-order valence-corrected chi connectivity index (χ4v) is 3.00. The van der Waals surface area contributed by atoms with Gasteiger partial charge in [0.05, 0.1) is 6.04 Å². The van der Waals surface area contributed by atoms with Crippen molar-refractivity contribution in [2.24, 2.45) is 0 Å². The molecule has 1 aromatic carbocycles. The second-order valence-electron chi connectivity index (χ2n) is 6.25. The average molecular weight is 300 g/mol. The van der Waals surface area contributed by atoms with Crippen LogP contribution in [-0.4, -0.2) is 30.2 Å². The molecule has 0 saturated carbocycles. The summed E-state index contributed by atoms with van der Waals surface area (Å²) in [5, 5.41) is 2.82. The number of nitrogens with one attached hydrogen (secondary N) is 1. The van der Waals surface area contributed by atoms with Crippen LogP contribution in [0.5, 0.6) is 0 Å². The van der Waals surface area contributed by atoms with Crippen LogP contribution in [0.1, 0.15) is 54.1 Å². The normalized spacial score (nSPS) is 18.7. The predicted octanol–water partition coefficient (Wildman–Crippen LogP) is 2.85. The molecular formula is C18H24N2O2. The van der Waals surface area contributed by atoms with E-state index in [-0.39, 0.29) is 11.9 Å².